The molecular formula is C30H30ClNO5. The van der Waals surface area contributed by atoms with Crippen molar-refractivity contribution >= 4 is 29.1 Å². The van der Waals surface area contributed by atoms with Crippen molar-refractivity contribution in [3.8, 4) is 11.5 Å². The molecule has 37 heavy (non-hydrogen) atoms. The van der Waals surface area contributed by atoms with E-state index in [1.807, 2.05) is 30.3 Å². The number of amides is 1. The SMILES string of the molecule is COc1cc(C2/C(=C(\O)c3ccc(Cl)cc3)C(=O)C(=O)N2Cc2ccccc2)ccc1OCCC(C)C. The number of hydrogen-bond donors (Lipinski definition) is 1. The van der Waals surface area contributed by atoms with Gasteiger partial charge < -0.3 is 19.5 Å². The van der Waals surface area contributed by atoms with E-state index in [9.17, 15) is 14.7 Å². The number of rotatable bonds is 9. The molecule has 0 saturated carbocycles. The number of halogens is 1. The second-order valence-corrected chi connectivity index (χ2v) is 9.80. The summed E-state index contributed by atoms with van der Waals surface area (Å²) in [4.78, 5) is 28.1. The van der Waals surface area contributed by atoms with Gasteiger partial charge in [-0.1, -0.05) is 61.8 Å². The monoisotopic (exact) mass is 519 g/mol. The van der Waals surface area contributed by atoms with Crippen LogP contribution in [0.1, 0.15) is 43.0 Å². The summed E-state index contributed by atoms with van der Waals surface area (Å²) in [5.41, 5.74) is 1.90. The summed E-state index contributed by atoms with van der Waals surface area (Å²) in [6, 6.07) is 20.4. The van der Waals surface area contributed by atoms with Gasteiger partial charge in [-0.15, -0.1) is 0 Å². The molecule has 3 aromatic carbocycles. The van der Waals surface area contributed by atoms with E-state index >= 15 is 0 Å². The van der Waals surface area contributed by atoms with Gasteiger partial charge in [0, 0.05) is 17.1 Å². The Morgan fingerprint density at radius 1 is 1.00 bits per heavy atom. The molecule has 192 valence electrons. The molecular weight excluding hydrogens is 490 g/mol. The van der Waals surface area contributed by atoms with Crippen LogP contribution in [0.4, 0.5) is 0 Å². The second-order valence-electron chi connectivity index (χ2n) is 9.36. The van der Waals surface area contributed by atoms with Crippen LogP contribution in [0.5, 0.6) is 11.5 Å². The third-order valence-electron chi connectivity index (χ3n) is 6.31. The van der Waals surface area contributed by atoms with Crippen LogP contribution in [0.3, 0.4) is 0 Å². The van der Waals surface area contributed by atoms with Gasteiger partial charge in [0.05, 0.1) is 25.3 Å². The second kappa shape index (κ2) is 11.5. The van der Waals surface area contributed by atoms with E-state index in [0.717, 1.165) is 12.0 Å². The zero-order valence-electron chi connectivity index (χ0n) is 21.1. The van der Waals surface area contributed by atoms with Crippen molar-refractivity contribution in [3.63, 3.8) is 0 Å². The first kappa shape index (κ1) is 26.3. The van der Waals surface area contributed by atoms with Gasteiger partial charge in [-0.25, -0.2) is 0 Å². The maximum Gasteiger partial charge on any atom is 0.295 e. The van der Waals surface area contributed by atoms with Gasteiger partial charge in [-0.05, 0) is 59.9 Å². The van der Waals surface area contributed by atoms with Gasteiger partial charge in [-0.2, -0.15) is 0 Å². The van der Waals surface area contributed by atoms with Gasteiger partial charge in [0.25, 0.3) is 11.7 Å². The Balaban J connectivity index is 1.80. The van der Waals surface area contributed by atoms with Crippen LogP contribution in [0.15, 0.2) is 78.4 Å². The van der Waals surface area contributed by atoms with E-state index in [-0.39, 0.29) is 17.9 Å². The molecule has 1 atom stereocenters. The largest absolute Gasteiger partial charge is 0.507 e. The van der Waals surface area contributed by atoms with Crippen LogP contribution in [-0.2, 0) is 16.1 Å². The lowest BCUT2D eigenvalue weighted by Crippen LogP contribution is -2.29. The predicted molar refractivity (Wildman–Crippen MR) is 144 cm³/mol. The molecule has 1 fully saturated rings. The minimum absolute atomic E-state index is 0.0128. The highest BCUT2D eigenvalue weighted by Crippen LogP contribution is 2.42. The zero-order valence-corrected chi connectivity index (χ0v) is 21.9. The van der Waals surface area contributed by atoms with Crippen molar-refractivity contribution < 1.29 is 24.2 Å². The molecule has 0 spiro atoms. The number of ketones is 1. The highest BCUT2D eigenvalue weighted by molar-refractivity contribution is 6.46. The van der Waals surface area contributed by atoms with Crippen molar-refractivity contribution in [3.05, 3.63) is 100 Å². The lowest BCUT2D eigenvalue weighted by atomic mass is 9.94. The average molecular weight is 520 g/mol. The number of nitrogens with zero attached hydrogens (tertiary/aromatic N) is 1. The van der Waals surface area contributed by atoms with Crippen LogP contribution in [0.2, 0.25) is 5.02 Å². The fourth-order valence-corrected chi connectivity index (χ4v) is 4.44. The summed E-state index contributed by atoms with van der Waals surface area (Å²) >= 11 is 6.01. The number of benzene rings is 3. The summed E-state index contributed by atoms with van der Waals surface area (Å²) in [5, 5.41) is 11.7. The van der Waals surface area contributed by atoms with E-state index < -0.39 is 17.7 Å². The van der Waals surface area contributed by atoms with Gasteiger partial charge in [-0.3, -0.25) is 9.59 Å². The number of likely N-dealkylation sites (tertiary alicyclic amines) is 1. The maximum atomic E-state index is 13.3. The normalized spacial score (nSPS) is 16.9. The molecule has 0 aliphatic carbocycles. The molecule has 1 N–H and O–H groups in total. The average Bonchev–Trinajstić information content (AvgIpc) is 3.14. The van der Waals surface area contributed by atoms with Gasteiger partial charge in [0.15, 0.2) is 11.5 Å². The molecule has 3 aromatic rings. The van der Waals surface area contributed by atoms with Crippen LogP contribution >= 0.6 is 11.6 Å². The Morgan fingerprint density at radius 3 is 2.35 bits per heavy atom. The van der Waals surface area contributed by atoms with Crippen LogP contribution in [0, 0.1) is 5.92 Å². The number of aliphatic hydroxyl groups excluding tert-OH is 1. The lowest BCUT2D eigenvalue weighted by molar-refractivity contribution is -0.140. The number of hydrogen-bond acceptors (Lipinski definition) is 5. The highest BCUT2D eigenvalue weighted by atomic mass is 35.5. The number of carbonyl (C=O) groups excluding carboxylic acids is 2. The van der Waals surface area contributed by atoms with Crippen LogP contribution in [-0.4, -0.2) is 35.4 Å². The molecule has 1 saturated heterocycles. The Kier molecular flexibility index (Phi) is 8.19. The van der Waals surface area contributed by atoms with Crippen LogP contribution in [0.25, 0.3) is 5.76 Å². The molecule has 1 amide bonds. The third-order valence-corrected chi connectivity index (χ3v) is 6.56. The Labute approximate surface area is 222 Å². The maximum absolute atomic E-state index is 13.3. The number of carbonyl (C=O) groups is 2. The smallest absolute Gasteiger partial charge is 0.295 e. The first-order valence-corrected chi connectivity index (χ1v) is 12.6. The van der Waals surface area contributed by atoms with Crippen molar-refractivity contribution in [1.82, 2.24) is 4.90 Å². The molecule has 0 bridgehead atoms. The molecule has 7 heteroatoms. The quantitative estimate of drug-likeness (QED) is 0.201. The third kappa shape index (κ3) is 5.81. The van der Waals surface area contributed by atoms with E-state index in [4.69, 9.17) is 21.1 Å². The molecule has 1 unspecified atom stereocenters. The fraction of sp³-hybridized carbons (Fsp3) is 0.267. The van der Waals surface area contributed by atoms with E-state index in [0.29, 0.717) is 40.2 Å². The van der Waals surface area contributed by atoms with Crippen molar-refractivity contribution in [1.29, 1.82) is 0 Å². The van der Waals surface area contributed by atoms with Gasteiger partial charge >= 0.3 is 0 Å². The number of aliphatic hydroxyl groups is 1. The van der Waals surface area contributed by atoms with Gasteiger partial charge in [0.2, 0.25) is 0 Å². The first-order chi connectivity index (χ1) is 17.8. The van der Waals surface area contributed by atoms with Gasteiger partial charge in [0.1, 0.15) is 5.76 Å². The minimum Gasteiger partial charge on any atom is -0.507 e. The molecule has 4 rings (SSSR count). The lowest BCUT2D eigenvalue weighted by Gasteiger charge is -2.26. The number of Topliss-reactive ketones (excluding diaryl/α,β-unsaturated/α-hetero) is 1. The summed E-state index contributed by atoms with van der Waals surface area (Å²) in [6.07, 6.45) is 0.892. The Hall–Kier alpha value is -3.77. The first-order valence-electron chi connectivity index (χ1n) is 12.2. The Morgan fingerprint density at radius 2 is 1.70 bits per heavy atom. The fourth-order valence-electron chi connectivity index (χ4n) is 4.31. The van der Waals surface area contributed by atoms with E-state index in [2.05, 4.69) is 13.8 Å². The molecule has 6 nitrogen and oxygen atoms in total. The molecule has 1 aliphatic heterocycles. The van der Waals surface area contributed by atoms with Crippen molar-refractivity contribution in [2.45, 2.75) is 32.9 Å². The topological polar surface area (TPSA) is 76.1 Å². The predicted octanol–water partition coefficient (Wildman–Crippen LogP) is 6.40. The summed E-state index contributed by atoms with van der Waals surface area (Å²) in [7, 11) is 1.54. The van der Waals surface area contributed by atoms with Crippen molar-refractivity contribution in [2.24, 2.45) is 5.92 Å². The minimum atomic E-state index is -0.825. The van der Waals surface area contributed by atoms with E-state index in [1.54, 1.807) is 49.6 Å². The number of ether oxygens (including phenoxy) is 2. The molecule has 0 radical (unpaired) electrons. The summed E-state index contributed by atoms with van der Waals surface area (Å²) in [6.45, 7) is 4.99. The zero-order chi connectivity index (χ0) is 26.5. The molecule has 1 aliphatic rings. The molecule has 1 heterocycles. The van der Waals surface area contributed by atoms with E-state index in [1.165, 1.54) is 4.90 Å². The highest BCUT2D eigenvalue weighted by Gasteiger charge is 2.46. The standard InChI is InChI=1S/C30H30ClNO5/c1-19(2)15-16-37-24-14-11-22(17-25(24)36-3)27-26(28(33)21-9-12-23(31)13-10-21)29(34)30(35)32(27)18-20-7-5-4-6-8-20/h4-14,17,19,27,33H,15-16,18H2,1-3H3/b28-26+. The Bertz CT molecular complexity index is 1300. The summed E-state index contributed by atoms with van der Waals surface area (Å²) < 4.78 is 11.5. The van der Waals surface area contributed by atoms with Crippen LogP contribution < -0.4 is 9.47 Å². The number of methoxy groups -OCH3 is 1. The molecule has 0 aromatic heterocycles. The summed E-state index contributed by atoms with van der Waals surface area (Å²) in [5.74, 6) is -0.129. The van der Waals surface area contributed by atoms with Crippen molar-refractivity contribution in [2.75, 3.05) is 13.7 Å².